The van der Waals surface area contributed by atoms with Crippen LogP contribution < -0.4 is 14.4 Å². The lowest BCUT2D eigenvalue weighted by atomic mass is 10.1. The molecule has 0 N–H and O–H groups in total. The Labute approximate surface area is 181 Å². The molecule has 3 aromatic rings. The van der Waals surface area contributed by atoms with Crippen LogP contribution in [-0.2, 0) is 17.6 Å². The fourth-order valence-corrected chi connectivity index (χ4v) is 5.30. The summed E-state index contributed by atoms with van der Waals surface area (Å²) in [4.78, 5) is 31.6. The van der Waals surface area contributed by atoms with Gasteiger partial charge in [-0.1, -0.05) is 30.0 Å². The summed E-state index contributed by atoms with van der Waals surface area (Å²) >= 11 is 2.85. The molecule has 0 fully saturated rings. The molecule has 6 nitrogen and oxygen atoms in total. The van der Waals surface area contributed by atoms with E-state index in [1.807, 2.05) is 28.5 Å². The van der Waals surface area contributed by atoms with Crippen LogP contribution >= 0.6 is 23.1 Å². The molecule has 0 saturated heterocycles. The molecule has 0 aliphatic carbocycles. The van der Waals surface area contributed by atoms with Crippen LogP contribution in [0.2, 0.25) is 0 Å². The average Bonchev–Trinajstić information content (AvgIpc) is 3.50. The van der Waals surface area contributed by atoms with Crippen LogP contribution in [0.15, 0.2) is 52.2 Å². The summed E-state index contributed by atoms with van der Waals surface area (Å²) in [6.07, 6.45) is 1.16. The Bertz CT molecular complexity index is 1130. The summed E-state index contributed by atoms with van der Waals surface area (Å²) in [6.45, 7) is 0.902. The van der Waals surface area contributed by atoms with Gasteiger partial charge >= 0.3 is 0 Å². The monoisotopic (exact) mass is 438 g/mol. The Balaban J connectivity index is 1.18. The molecule has 3 heterocycles. The third kappa shape index (κ3) is 3.80. The van der Waals surface area contributed by atoms with E-state index in [0.717, 1.165) is 22.1 Å². The summed E-state index contributed by atoms with van der Waals surface area (Å²) in [5.41, 5.74) is 3.54. The number of ketones is 1. The second-order valence-corrected chi connectivity index (χ2v) is 9.07. The largest absolute Gasteiger partial charge is 0.454 e. The summed E-state index contributed by atoms with van der Waals surface area (Å²) in [5.74, 6) is 1.59. The number of hydrogen-bond donors (Lipinski definition) is 0. The molecule has 8 heteroatoms. The van der Waals surface area contributed by atoms with Crippen molar-refractivity contribution in [3.63, 3.8) is 0 Å². The van der Waals surface area contributed by atoms with Gasteiger partial charge in [-0.05, 0) is 36.2 Å². The van der Waals surface area contributed by atoms with E-state index in [1.165, 1.54) is 28.7 Å². The number of thiazole rings is 1. The summed E-state index contributed by atoms with van der Waals surface area (Å²) < 4.78 is 11.4. The van der Waals surface area contributed by atoms with Gasteiger partial charge in [0.25, 0.3) is 0 Å². The van der Waals surface area contributed by atoms with Gasteiger partial charge in [-0.15, -0.1) is 11.3 Å². The second kappa shape index (κ2) is 8.12. The number of fused-ring (bicyclic) bond motifs is 2. The predicted octanol–water partition coefficient (Wildman–Crippen LogP) is 3.98. The van der Waals surface area contributed by atoms with E-state index in [4.69, 9.17) is 9.47 Å². The topological polar surface area (TPSA) is 68.7 Å². The minimum absolute atomic E-state index is 0.000185. The van der Waals surface area contributed by atoms with Crippen molar-refractivity contribution < 1.29 is 19.1 Å². The highest BCUT2D eigenvalue weighted by molar-refractivity contribution is 8.01. The van der Waals surface area contributed by atoms with Gasteiger partial charge in [0, 0.05) is 23.2 Å². The Morgan fingerprint density at radius 3 is 2.93 bits per heavy atom. The van der Waals surface area contributed by atoms with E-state index < -0.39 is 0 Å². The first-order valence-electron chi connectivity index (χ1n) is 9.56. The summed E-state index contributed by atoms with van der Waals surface area (Å²) in [6, 6.07) is 13.2. The highest BCUT2D eigenvalue weighted by atomic mass is 32.2. The predicted molar refractivity (Wildman–Crippen MR) is 116 cm³/mol. The van der Waals surface area contributed by atoms with Crippen molar-refractivity contribution in [1.82, 2.24) is 4.98 Å². The SMILES string of the molecule is O=C(CSc1nc(CC(=O)N2CCc3ccccc32)cs1)c1ccc2c(c1)OCO2. The van der Waals surface area contributed by atoms with Crippen LogP contribution in [0.25, 0.3) is 0 Å². The average molecular weight is 439 g/mol. The van der Waals surface area contributed by atoms with Gasteiger partial charge in [0.2, 0.25) is 12.7 Å². The number of hydrogen-bond acceptors (Lipinski definition) is 7. The number of Topliss-reactive ketones (excluding diaryl/α,β-unsaturated/α-hetero) is 1. The summed E-state index contributed by atoms with van der Waals surface area (Å²) in [5, 5.41) is 1.90. The molecule has 2 aliphatic rings. The van der Waals surface area contributed by atoms with Crippen molar-refractivity contribution in [2.24, 2.45) is 0 Å². The third-order valence-corrected chi connectivity index (χ3v) is 7.14. The van der Waals surface area contributed by atoms with Gasteiger partial charge < -0.3 is 14.4 Å². The zero-order valence-electron chi connectivity index (χ0n) is 16.0. The molecule has 2 aromatic carbocycles. The van der Waals surface area contributed by atoms with Crippen LogP contribution in [0.1, 0.15) is 21.6 Å². The fourth-order valence-electron chi connectivity index (χ4n) is 3.56. The van der Waals surface area contributed by atoms with Gasteiger partial charge in [0.05, 0.1) is 17.9 Å². The zero-order chi connectivity index (χ0) is 20.5. The van der Waals surface area contributed by atoms with Crippen LogP contribution in [0, 0.1) is 0 Å². The molecule has 152 valence electrons. The molecule has 30 heavy (non-hydrogen) atoms. The van der Waals surface area contributed by atoms with Crippen LogP contribution in [0.5, 0.6) is 11.5 Å². The molecule has 0 atom stereocenters. The maximum atomic E-state index is 12.7. The van der Waals surface area contributed by atoms with Gasteiger partial charge in [0.15, 0.2) is 21.6 Å². The van der Waals surface area contributed by atoms with Crippen molar-refractivity contribution >= 4 is 40.5 Å². The number of carbonyl (C=O) groups is 2. The van der Waals surface area contributed by atoms with Crippen LogP contribution in [0.3, 0.4) is 0 Å². The molecular formula is C22H18N2O4S2. The lowest BCUT2D eigenvalue weighted by Crippen LogP contribution is -2.30. The minimum atomic E-state index is -0.000185. The Hall–Kier alpha value is -2.84. The van der Waals surface area contributed by atoms with E-state index in [-0.39, 0.29) is 30.7 Å². The molecule has 5 rings (SSSR count). The van der Waals surface area contributed by atoms with E-state index >= 15 is 0 Å². The van der Waals surface area contributed by atoms with Crippen molar-refractivity contribution in [3.05, 3.63) is 64.7 Å². The number of rotatable bonds is 6. The number of thioether (sulfide) groups is 1. The number of nitrogens with zero attached hydrogens (tertiary/aromatic N) is 2. The number of benzene rings is 2. The second-order valence-electron chi connectivity index (χ2n) is 6.99. The maximum Gasteiger partial charge on any atom is 0.233 e. The molecular weight excluding hydrogens is 420 g/mol. The van der Waals surface area contributed by atoms with E-state index in [1.54, 1.807) is 18.2 Å². The first-order chi connectivity index (χ1) is 14.7. The van der Waals surface area contributed by atoms with Crippen LogP contribution in [0.4, 0.5) is 5.69 Å². The third-order valence-electron chi connectivity index (χ3n) is 5.07. The molecule has 2 aliphatic heterocycles. The quantitative estimate of drug-likeness (QED) is 0.428. The standard InChI is InChI=1S/C22H18N2O4S2/c25-18(15-5-6-19-20(9-15)28-13-27-19)12-30-22-23-16(11-29-22)10-21(26)24-8-7-14-3-1-2-4-17(14)24/h1-6,9,11H,7-8,10,12-13H2. The number of aromatic nitrogens is 1. The Kier molecular flexibility index (Phi) is 5.18. The maximum absolute atomic E-state index is 12.7. The minimum Gasteiger partial charge on any atom is -0.454 e. The lowest BCUT2D eigenvalue weighted by Gasteiger charge is -2.16. The molecule has 0 bridgehead atoms. The fraction of sp³-hybridized carbons (Fsp3) is 0.227. The molecule has 0 unspecified atom stereocenters. The molecule has 1 aromatic heterocycles. The van der Waals surface area contributed by atoms with Crippen molar-refractivity contribution in [1.29, 1.82) is 0 Å². The number of para-hydroxylation sites is 1. The molecule has 0 saturated carbocycles. The van der Waals surface area contributed by atoms with E-state index in [9.17, 15) is 9.59 Å². The van der Waals surface area contributed by atoms with Crippen LogP contribution in [-0.4, -0.2) is 35.8 Å². The zero-order valence-corrected chi connectivity index (χ0v) is 17.6. The van der Waals surface area contributed by atoms with Crippen molar-refractivity contribution in [2.45, 2.75) is 17.2 Å². The molecule has 0 radical (unpaired) electrons. The first kappa shape index (κ1) is 19.1. The normalized spacial score (nSPS) is 14.1. The Morgan fingerprint density at radius 2 is 2.00 bits per heavy atom. The summed E-state index contributed by atoms with van der Waals surface area (Å²) in [7, 11) is 0. The highest BCUT2D eigenvalue weighted by Crippen LogP contribution is 2.33. The smallest absolute Gasteiger partial charge is 0.233 e. The highest BCUT2D eigenvalue weighted by Gasteiger charge is 2.24. The number of ether oxygens (including phenoxy) is 2. The number of carbonyl (C=O) groups excluding carboxylic acids is 2. The molecule has 1 amide bonds. The van der Waals surface area contributed by atoms with Gasteiger partial charge in [-0.2, -0.15) is 0 Å². The van der Waals surface area contributed by atoms with Gasteiger partial charge in [0.1, 0.15) is 0 Å². The van der Waals surface area contributed by atoms with Gasteiger partial charge in [-0.3, -0.25) is 9.59 Å². The first-order valence-corrected chi connectivity index (χ1v) is 11.4. The Morgan fingerprint density at radius 1 is 1.13 bits per heavy atom. The van der Waals surface area contributed by atoms with E-state index in [0.29, 0.717) is 23.6 Å². The van der Waals surface area contributed by atoms with Crippen molar-refractivity contribution in [3.8, 4) is 11.5 Å². The van der Waals surface area contributed by atoms with Crippen molar-refractivity contribution in [2.75, 3.05) is 24.0 Å². The molecule has 0 spiro atoms. The van der Waals surface area contributed by atoms with E-state index in [2.05, 4.69) is 11.1 Å². The van der Waals surface area contributed by atoms with Gasteiger partial charge in [-0.25, -0.2) is 4.98 Å². The number of amides is 1. The lowest BCUT2D eigenvalue weighted by molar-refractivity contribution is -0.117. The number of anilines is 1.